The molecule has 0 saturated heterocycles. The van der Waals surface area contributed by atoms with E-state index in [-0.39, 0.29) is 12.5 Å². The van der Waals surface area contributed by atoms with Crippen molar-refractivity contribution in [2.24, 2.45) is 0 Å². The molecular formula is C14H18N2O2. The molecule has 1 unspecified atom stereocenters. The topological polar surface area (TPSA) is 55.1 Å². The number of para-hydroxylation sites is 2. The van der Waals surface area contributed by atoms with Crippen LogP contribution < -0.4 is 0 Å². The highest BCUT2D eigenvalue weighted by molar-refractivity contribution is 5.76. The zero-order valence-electron chi connectivity index (χ0n) is 10.8. The van der Waals surface area contributed by atoms with Gasteiger partial charge in [-0.2, -0.15) is 0 Å². The lowest BCUT2D eigenvalue weighted by molar-refractivity contribution is -0.137. The fraction of sp³-hybridized carbons (Fsp3) is 0.429. The highest BCUT2D eigenvalue weighted by atomic mass is 16.4. The maximum Gasteiger partial charge on any atom is 0.305 e. The Kier molecular flexibility index (Phi) is 3.65. The van der Waals surface area contributed by atoms with Crippen LogP contribution >= 0.6 is 0 Å². The van der Waals surface area contributed by atoms with Crippen LogP contribution in [-0.2, 0) is 11.2 Å². The lowest BCUT2D eigenvalue weighted by atomic mass is 10.2. The lowest BCUT2D eigenvalue weighted by Gasteiger charge is -2.15. The number of aryl methyl sites for hydroxylation is 1. The van der Waals surface area contributed by atoms with Crippen LogP contribution in [0.15, 0.2) is 24.3 Å². The van der Waals surface area contributed by atoms with Crippen LogP contribution in [0.25, 0.3) is 11.0 Å². The van der Waals surface area contributed by atoms with Gasteiger partial charge in [-0.15, -0.1) is 0 Å². The molecule has 0 spiro atoms. The quantitative estimate of drug-likeness (QED) is 0.882. The molecule has 0 aliphatic heterocycles. The predicted molar refractivity (Wildman–Crippen MR) is 70.7 cm³/mol. The van der Waals surface area contributed by atoms with Gasteiger partial charge in [-0.05, 0) is 25.5 Å². The summed E-state index contributed by atoms with van der Waals surface area (Å²) in [4.78, 5) is 15.5. The van der Waals surface area contributed by atoms with E-state index in [1.807, 2.05) is 31.2 Å². The number of imidazole rings is 1. The molecule has 0 fully saturated rings. The molecule has 1 heterocycles. The first-order valence-electron chi connectivity index (χ1n) is 6.31. The highest BCUT2D eigenvalue weighted by Gasteiger charge is 2.17. The van der Waals surface area contributed by atoms with Gasteiger partial charge in [0.25, 0.3) is 0 Å². The number of aromatic nitrogens is 2. The Hall–Kier alpha value is -1.84. The largest absolute Gasteiger partial charge is 0.481 e. The number of aliphatic carboxylic acids is 1. The minimum Gasteiger partial charge on any atom is -0.481 e. The lowest BCUT2D eigenvalue weighted by Crippen LogP contribution is -2.13. The van der Waals surface area contributed by atoms with Crippen molar-refractivity contribution in [1.82, 2.24) is 9.55 Å². The van der Waals surface area contributed by atoms with E-state index >= 15 is 0 Å². The van der Waals surface area contributed by atoms with E-state index in [0.29, 0.717) is 0 Å². The van der Waals surface area contributed by atoms with Gasteiger partial charge in [-0.3, -0.25) is 4.79 Å². The van der Waals surface area contributed by atoms with Crippen molar-refractivity contribution in [2.45, 2.75) is 39.2 Å². The van der Waals surface area contributed by atoms with Gasteiger partial charge in [-0.25, -0.2) is 4.98 Å². The van der Waals surface area contributed by atoms with E-state index in [1.54, 1.807) is 0 Å². The van der Waals surface area contributed by atoms with Crippen molar-refractivity contribution in [2.75, 3.05) is 0 Å². The Bertz CT molecular complexity index is 560. The van der Waals surface area contributed by atoms with Crippen molar-refractivity contribution in [1.29, 1.82) is 0 Å². The molecular weight excluding hydrogens is 228 g/mol. The monoisotopic (exact) mass is 246 g/mol. The normalized spacial score (nSPS) is 12.8. The van der Waals surface area contributed by atoms with Crippen LogP contribution in [0, 0.1) is 0 Å². The summed E-state index contributed by atoms with van der Waals surface area (Å²) >= 11 is 0. The summed E-state index contributed by atoms with van der Waals surface area (Å²) in [6.07, 6.45) is 2.00. The third kappa shape index (κ3) is 2.37. The van der Waals surface area contributed by atoms with Crippen LogP contribution in [0.4, 0.5) is 0 Å². The number of nitrogens with zero attached hydrogens (tertiary/aromatic N) is 2. The van der Waals surface area contributed by atoms with Crippen molar-refractivity contribution in [3.8, 4) is 0 Å². The molecule has 2 rings (SSSR count). The first-order chi connectivity index (χ1) is 8.63. The van der Waals surface area contributed by atoms with Crippen LogP contribution in [0.2, 0.25) is 0 Å². The average Bonchev–Trinajstić information content (AvgIpc) is 2.66. The SMILES string of the molecule is CCCc1nc2ccccc2n1C(C)CC(=O)O. The van der Waals surface area contributed by atoms with E-state index in [0.717, 1.165) is 29.7 Å². The highest BCUT2D eigenvalue weighted by Crippen LogP contribution is 2.23. The van der Waals surface area contributed by atoms with Gasteiger partial charge in [-0.1, -0.05) is 19.1 Å². The number of hydrogen-bond donors (Lipinski definition) is 1. The van der Waals surface area contributed by atoms with E-state index in [9.17, 15) is 4.79 Å². The maximum atomic E-state index is 10.9. The molecule has 1 atom stereocenters. The van der Waals surface area contributed by atoms with E-state index in [1.165, 1.54) is 0 Å². The van der Waals surface area contributed by atoms with Crippen LogP contribution in [0.5, 0.6) is 0 Å². The van der Waals surface area contributed by atoms with Gasteiger partial charge in [0.1, 0.15) is 5.82 Å². The molecule has 4 nitrogen and oxygen atoms in total. The summed E-state index contributed by atoms with van der Waals surface area (Å²) in [5.74, 6) is 0.204. The fourth-order valence-electron chi connectivity index (χ4n) is 2.33. The summed E-state index contributed by atoms with van der Waals surface area (Å²) in [5, 5.41) is 8.94. The number of benzene rings is 1. The number of rotatable bonds is 5. The number of hydrogen-bond acceptors (Lipinski definition) is 2. The summed E-state index contributed by atoms with van der Waals surface area (Å²) in [6.45, 7) is 4.03. The second-order valence-electron chi connectivity index (χ2n) is 4.58. The number of carboxylic acids is 1. The van der Waals surface area contributed by atoms with E-state index < -0.39 is 5.97 Å². The standard InChI is InChI=1S/C14H18N2O2/c1-3-6-13-15-11-7-4-5-8-12(11)16(13)10(2)9-14(17)18/h4-5,7-8,10H,3,6,9H2,1-2H3,(H,17,18). The molecule has 2 aromatic rings. The molecule has 1 aromatic heterocycles. The fourth-order valence-corrected chi connectivity index (χ4v) is 2.33. The Morgan fingerprint density at radius 3 is 2.83 bits per heavy atom. The van der Waals surface area contributed by atoms with Gasteiger partial charge in [0.15, 0.2) is 0 Å². The van der Waals surface area contributed by atoms with Gasteiger partial charge < -0.3 is 9.67 Å². The van der Waals surface area contributed by atoms with Gasteiger partial charge in [0, 0.05) is 12.5 Å². The third-order valence-electron chi connectivity index (χ3n) is 3.05. The van der Waals surface area contributed by atoms with Gasteiger partial charge in [0.2, 0.25) is 0 Å². The molecule has 1 N–H and O–H groups in total. The average molecular weight is 246 g/mol. The molecule has 96 valence electrons. The minimum atomic E-state index is -0.775. The van der Waals surface area contributed by atoms with Crippen molar-refractivity contribution in [3.05, 3.63) is 30.1 Å². The minimum absolute atomic E-state index is 0.0727. The molecule has 0 saturated carbocycles. The zero-order chi connectivity index (χ0) is 13.1. The third-order valence-corrected chi connectivity index (χ3v) is 3.05. The summed E-state index contributed by atoms with van der Waals surface area (Å²) in [7, 11) is 0. The van der Waals surface area contributed by atoms with Crippen LogP contribution in [0.1, 0.15) is 38.6 Å². The smallest absolute Gasteiger partial charge is 0.305 e. The molecule has 0 aliphatic carbocycles. The van der Waals surface area contributed by atoms with Crippen LogP contribution in [-0.4, -0.2) is 20.6 Å². The predicted octanol–water partition coefficient (Wildman–Crippen LogP) is 3.02. The molecule has 1 aromatic carbocycles. The van der Waals surface area contributed by atoms with E-state index in [4.69, 9.17) is 5.11 Å². The molecule has 18 heavy (non-hydrogen) atoms. The summed E-state index contributed by atoms with van der Waals surface area (Å²) in [6, 6.07) is 7.82. The van der Waals surface area contributed by atoms with Crippen LogP contribution in [0.3, 0.4) is 0 Å². The van der Waals surface area contributed by atoms with Gasteiger partial charge in [0.05, 0.1) is 17.5 Å². The first-order valence-corrected chi connectivity index (χ1v) is 6.31. The van der Waals surface area contributed by atoms with Gasteiger partial charge >= 0.3 is 5.97 Å². The Morgan fingerprint density at radius 1 is 1.44 bits per heavy atom. The van der Waals surface area contributed by atoms with Crippen molar-refractivity contribution in [3.63, 3.8) is 0 Å². The second-order valence-corrected chi connectivity index (χ2v) is 4.58. The molecule has 0 aliphatic rings. The number of fused-ring (bicyclic) bond motifs is 1. The maximum absolute atomic E-state index is 10.9. The Balaban J connectivity index is 2.50. The second kappa shape index (κ2) is 5.21. The van der Waals surface area contributed by atoms with Crippen molar-refractivity contribution >= 4 is 17.0 Å². The number of carboxylic acid groups (broad SMARTS) is 1. The summed E-state index contributed by atoms with van der Waals surface area (Å²) in [5.41, 5.74) is 1.97. The van der Waals surface area contributed by atoms with E-state index in [2.05, 4.69) is 16.5 Å². The first kappa shape index (κ1) is 12.6. The zero-order valence-corrected chi connectivity index (χ0v) is 10.8. The Labute approximate surface area is 106 Å². The van der Waals surface area contributed by atoms with Crippen molar-refractivity contribution < 1.29 is 9.90 Å². The molecule has 0 bridgehead atoms. The Morgan fingerprint density at radius 2 is 2.17 bits per heavy atom. The molecule has 0 radical (unpaired) electrons. The molecule has 0 amide bonds. The number of carbonyl (C=O) groups is 1. The molecule has 4 heteroatoms. The summed E-state index contributed by atoms with van der Waals surface area (Å²) < 4.78 is 2.06.